The summed E-state index contributed by atoms with van der Waals surface area (Å²) in [6, 6.07) is 4.67. The maximum atomic E-state index is 12.6. The Morgan fingerprint density at radius 1 is 1.18 bits per heavy atom. The topological polar surface area (TPSA) is 92.8 Å². The van der Waals surface area contributed by atoms with Gasteiger partial charge in [0.05, 0.1) is 30.5 Å². The van der Waals surface area contributed by atoms with Crippen molar-refractivity contribution in [3.8, 4) is 5.75 Å². The highest BCUT2D eigenvalue weighted by Gasteiger charge is 2.22. The third-order valence-corrected chi connectivity index (χ3v) is 4.83. The van der Waals surface area contributed by atoms with Gasteiger partial charge in [-0.15, -0.1) is 0 Å². The number of nitrogens with two attached hydrogens (primary N) is 1. The quantitative estimate of drug-likeness (QED) is 0.407. The molecule has 0 bridgehead atoms. The minimum atomic E-state index is -0.714. The summed E-state index contributed by atoms with van der Waals surface area (Å²) in [6.45, 7) is 5.92. The van der Waals surface area contributed by atoms with Gasteiger partial charge >= 0.3 is 5.97 Å². The fourth-order valence-corrected chi connectivity index (χ4v) is 3.40. The van der Waals surface area contributed by atoms with Crippen molar-refractivity contribution in [2.24, 2.45) is 0 Å². The van der Waals surface area contributed by atoms with E-state index in [1.54, 1.807) is 13.2 Å². The van der Waals surface area contributed by atoms with E-state index in [1.165, 1.54) is 19.2 Å². The molecule has 0 aliphatic carbocycles. The molecular formula is C20H25ClN2O5. The van der Waals surface area contributed by atoms with Crippen LogP contribution in [0.1, 0.15) is 45.1 Å². The van der Waals surface area contributed by atoms with Crippen molar-refractivity contribution in [1.29, 1.82) is 0 Å². The molecule has 0 radical (unpaired) electrons. The van der Waals surface area contributed by atoms with Crippen molar-refractivity contribution >= 4 is 29.0 Å². The van der Waals surface area contributed by atoms with E-state index in [0.717, 1.165) is 11.4 Å². The van der Waals surface area contributed by atoms with E-state index >= 15 is 0 Å². The first-order valence-corrected chi connectivity index (χ1v) is 9.09. The maximum absolute atomic E-state index is 12.6. The number of nitrogen functional groups attached to an aromatic ring is 1. The Labute approximate surface area is 169 Å². The molecule has 0 saturated heterocycles. The average molecular weight is 409 g/mol. The molecule has 8 heteroatoms. The normalized spacial score (nSPS) is 11.9. The van der Waals surface area contributed by atoms with Crippen LogP contribution in [0.4, 0.5) is 5.69 Å². The van der Waals surface area contributed by atoms with Gasteiger partial charge in [0, 0.05) is 30.1 Å². The van der Waals surface area contributed by atoms with Gasteiger partial charge in [-0.05, 0) is 32.9 Å². The summed E-state index contributed by atoms with van der Waals surface area (Å²) in [7, 11) is 3.04. The molecule has 0 saturated carbocycles. The van der Waals surface area contributed by atoms with Gasteiger partial charge in [0.15, 0.2) is 6.61 Å². The zero-order valence-corrected chi connectivity index (χ0v) is 17.4. The Hall–Kier alpha value is -2.51. The summed E-state index contributed by atoms with van der Waals surface area (Å²) >= 11 is 5.97. The number of Topliss-reactive ketones (excluding diaryl/α,β-unsaturated/α-hetero) is 1. The van der Waals surface area contributed by atoms with Gasteiger partial charge in [-0.3, -0.25) is 4.79 Å². The van der Waals surface area contributed by atoms with Crippen LogP contribution in [0.15, 0.2) is 18.2 Å². The third-order valence-electron chi connectivity index (χ3n) is 4.51. The summed E-state index contributed by atoms with van der Waals surface area (Å²) in [5, 5.41) is 0.203. The predicted octanol–water partition coefficient (Wildman–Crippen LogP) is 3.60. The highest BCUT2D eigenvalue weighted by Crippen LogP contribution is 2.29. The monoisotopic (exact) mass is 408 g/mol. The molecular weight excluding hydrogens is 384 g/mol. The Kier molecular flexibility index (Phi) is 7.10. The van der Waals surface area contributed by atoms with Crippen molar-refractivity contribution in [3.05, 3.63) is 45.7 Å². The number of methoxy groups -OCH3 is 2. The van der Waals surface area contributed by atoms with Gasteiger partial charge in [0.2, 0.25) is 5.78 Å². The van der Waals surface area contributed by atoms with Gasteiger partial charge in [-0.1, -0.05) is 11.6 Å². The van der Waals surface area contributed by atoms with Crippen molar-refractivity contribution in [2.75, 3.05) is 33.2 Å². The van der Waals surface area contributed by atoms with Crippen LogP contribution < -0.4 is 10.5 Å². The zero-order valence-electron chi connectivity index (χ0n) is 16.7. The fourth-order valence-electron chi connectivity index (χ4n) is 3.24. The van der Waals surface area contributed by atoms with E-state index in [4.69, 9.17) is 31.5 Å². The number of carbonyl (C=O) groups excluding carboxylic acids is 2. The summed E-state index contributed by atoms with van der Waals surface area (Å²) < 4.78 is 17.6. The molecule has 0 spiro atoms. The smallest absolute Gasteiger partial charge is 0.342 e. The molecule has 1 aromatic heterocycles. The lowest BCUT2D eigenvalue weighted by molar-refractivity contribution is 0.0471. The molecule has 0 aliphatic heterocycles. The molecule has 1 atom stereocenters. The van der Waals surface area contributed by atoms with Gasteiger partial charge < -0.3 is 24.5 Å². The minimum absolute atomic E-state index is 0.0790. The van der Waals surface area contributed by atoms with E-state index in [1.807, 2.05) is 25.3 Å². The summed E-state index contributed by atoms with van der Waals surface area (Å²) in [6.07, 6.45) is 0. The summed E-state index contributed by atoms with van der Waals surface area (Å²) in [5.74, 6) is -0.780. The Balaban J connectivity index is 2.16. The Morgan fingerprint density at radius 2 is 1.86 bits per heavy atom. The van der Waals surface area contributed by atoms with Crippen molar-refractivity contribution in [3.63, 3.8) is 0 Å². The van der Waals surface area contributed by atoms with E-state index in [2.05, 4.69) is 0 Å². The first kappa shape index (κ1) is 21.8. The molecule has 0 amide bonds. The lowest BCUT2D eigenvalue weighted by Crippen LogP contribution is -2.17. The number of esters is 1. The van der Waals surface area contributed by atoms with Gasteiger partial charge in [0.1, 0.15) is 11.3 Å². The number of anilines is 1. The lowest BCUT2D eigenvalue weighted by Gasteiger charge is -2.17. The van der Waals surface area contributed by atoms with Crippen LogP contribution in [0.3, 0.4) is 0 Å². The maximum Gasteiger partial charge on any atom is 0.342 e. The Bertz CT molecular complexity index is 891. The van der Waals surface area contributed by atoms with Crippen LogP contribution in [0, 0.1) is 13.8 Å². The molecule has 2 rings (SSSR count). The van der Waals surface area contributed by atoms with E-state index < -0.39 is 12.6 Å². The van der Waals surface area contributed by atoms with E-state index in [9.17, 15) is 9.59 Å². The second kappa shape index (κ2) is 9.12. The predicted molar refractivity (Wildman–Crippen MR) is 108 cm³/mol. The number of hydrogen-bond acceptors (Lipinski definition) is 6. The number of ether oxygens (including phenoxy) is 3. The van der Waals surface area contributed by atoms with Crippen LogP contribution in [0.2, 0.25) is 5.02 Å². The van der Waals surface area contributed by atoms with Crippen molar-refractivity contribution in [1.82, 2.24) is 4.57 Å². The largest absolute Gasteiger partial charge is 0.496 e. The van der Waals surface area contributed by atoms with Crippen LogP contribution in [-0.2, 0) is 9.47 Å². The molecule has 1 heterocycles. The highest BCUT2D eigenvalue weighted by atomic mass is 35.5. The summed E-state index contributed by atoms with van der Waals surface area (Å²) in [4.78, 5) is 25.0. The zero-order chi connectivity index (χ0) is 21.0. The van der Waals surface area contributed by atoms with E-state index in [-0.39, 0.29) is 33.8 Å². The molecule has 7 nitrogen and oxygen atoms in total. The Morgan fingerprint density at radius 3 is 2.46 bits per heavy atom. The lowest BCUT2D eigenvalue weighted by atomic mass is 10.1. The van der Waals surface area contributed by atoms with Crippen LogP contribution in [0.25, 0.3) is 0 Å². The molecule has 2 aromatic rings. The first-order valence-electron chi connectivity index (χ1n) is 8.71. The minimum Gasteiger partial charge on any atom is -0.496 e. The van der Waals surface area contributed by atoms with E-state index in [0.29, 0.717) is 12.2 Å². The number of aryl methyl sites for hydroxylation is 1. The number of aromatic nitrogens is 1. The van der Waals surface area contributed by atoms with Crippen molar-refractivity contribution < 1.29 is 23.8 Å². The number of rotatable bonds is 8. The van der Waals surface area contributed by atoms with Gasteiger partial charge in [-0.2, -0.15) is 0 Å². The third kappa shape index (κ3) is 4.48. The molecule has 0 fully saturated rings. The first-order chi connectivity index (χ1) is 13.2. The van der Waals surface area contributed by atoms with Crippen LogP contribution in [0.5, 0.6) is 5.75 Å². The number of ketones is 1. The molecule has 152 valence electrons. The number of hydrogen-bond donors (Lipinski definition) is 1. The number of halogens is 1. The molecule has 28 heavy (non-hydrogen) atoms. The standard InChI is InChI=1S/C20H25ClN2O5/c1-11-6-14(13(3)23(11)12(2)9-26-4)18(24)10-28-20(25)15-7-16(21)17(22)8-19(15)27-5/h6-8,12H,9-10,22H2,1-5H3/t12-/m1/s1. The fraction of sp³-hybridized carbons (Fsp3) is 0.400. The summed E-state index contributed by atoms with van der Waals surface area (Å²) in [5.41, 5.74) is 8.35. The van der Waals surface area contributed by atoms with Crippen LogP contribution >= 0.6 is 11.6 Å². The second-order valence-corrected chi connectivity index (χ2v) is 6.94. The second-order valence-electron chi connectivity index (χ2n) is 6.53. The number of nitrogens with zero attached hydrogens (tertiary/aromatic N) is 1. The molecule has 0 aliphatic rings. The van der Waals surface area contributed by atoms with Gasteiger partial charge in [-0.25, -0.2) is 4.79 Å². The van der Waals surface area contributed by atoms with Crippen molar-refractivity contribution in [2.45, 2.75) is 26.8 Å². The molecule has 2 N–H and O–H groups in total. The van der Waals surface area contributed by atoms with Gasteiger partial charge in [0.25, 0.3) is 0 Å². The SMILES string of the molecule is COC[C@@H](C)n1c(C)cc(C(=O)COC(=O)c2cc(Cl)c(N)cc2OC)c1C. The number of carbonyl (C=O) groups is 2. The molecule has 1 aromatic carbocycles. The average Bonchev–Trinajstić information content (AvgIpc) is 2.95. The number of benzene rings is 1. The van der Waals surface area contributed by atoms with Crippen LogP contribution in [-0.4, -0.2) is 43.8 Å². The highest BCUT2D eigenvalue weighted by molar-refractivity contribution is 6.33. The molecule has 0 unspecified atom stereocenters.